The summed E-state index contributed by atoms with van der Waals surface area (Å²) in [6, 6.07) is 23.9. The maximum Gasteiger partial charge on any atom is 0.123 e. The highest BCUT2D eigenvalue weighted by Gasteiger charge is 2.33. The van der Waals surface area contributed by atoms with Crippen LogP contribution in [0, 0.1) is 5.82 Å². The maximum atomic E-state index is 13.3. The molecule has 0 bridgehead atoms. The Morgan fingerprint density at radius 3 is 1.76 bits per heavy atom. The van der Waals surface area contributed by atoms with E-state index in [4.69, 9.17) is 11.6 Å². The highest BCUT2D eigenvalue weighted by molar-refractivity contribution is 6.30. The van der Waals surface area contributed by atoms with Crippen LogP contribution in [-0.4, -0.2) is 22.9 Å². The number of rotatable bonds is 6. The van der Waals surface area contributed by atoms with Crippen LogP contribution < -0.4 is 0 Å². The lowest BCUT2D eigenvalue weighted by atomic mass is 10.1. The van der Waals surface area contributed by atoms with Crippen LogP contribution >= 0.6 is 11.6 Å². The van der Waals surface area contributed by atoms with Crippen molar-refractivity contribution in [3.8, 4) is 0 Å². The second-order valence-corrected chi connectivity index (χ2v) is 8.10. The van der Waals surface area contributed by atoms with Crippen molar-refractivity contribution in [1.82, 2.24) is 9.80 Å². The summed E-state index contributed by atoms with van der Waals surface area (Å²) in [6.07, 6.45) is 1.24. The molecule has 3 aromatic carbocycles. The summed E-state index contributed by atoms with van der Waals surface area (Å²) >= 11 is 6.06. The van der Waals surface area contributed by atoms with Crippen LogP contribution in [-0.2, 0) is 19.5 Å². The standard InChI is InChI=1S/C25H26ClFN2/c1-2-19-3-9-22(10-4-19)25-28(17-20-5-11-23(26)12-6-20)15-16-29(25)18-21-7-13-24(27)14-8-21/h3-14,25H,2,15-18H2,1H3/t25-/m0/s1. The molecule has 0 amide bonds. The van der Waals surface area contributed by atoms with Gasteiger partial charge >= 0.3 is 0 Å². The first-order chi connectivity index (χ1) is 14.1. The van der Waals surface area contributed by atoms with Crippen molar-refractivity contribution in [2.45, 2.75) is 32.6 Å². The first-order valence-corrected chi connectivity index (χ1v) is 10.6. The van der Waals surface area contributed by atoms with Crippen LogP contribution in [0.25, 0.3) is 0 Å². The van der Waals surface area contributed by atoms with Gasteiger partial charge in [0.05, 0.1) is 6.17 Å². The van der Waals surface area contributed by atoms with Crippen LogP contribution in [0.1, 0.15) is 35.3 Å². The Hall–Kier alpha value is -2.20. The molecule has 0 spiro atoms. The van der Waals surface area contributed by atoms with Crippen molar-refractivity contribution < 1.29 is 4.39 Å². The predicted molar refractivity (Wildman–Crippen MR) is 117 cm³/mol. The fraction of sp³-hybridized carbons (Fsp3) is 0.280. The Bertz CT molecular complexity index is 867. The van der Waals surface area contributed by atoms with Gasteiger partial charge in [-0.15, -0.1) is 0 Å². The summed E-state index contributed by atoms with van der Waals surface area (Å²) in [6.45, 7) is 5.82. The Morgan fingerprint density at radius 1 is 0.759 bits per heavy atom. The lowest BCUT2D eigenvalue weighted by Crippen LogP contribution is -2.30. The smallest absolute Gasteiger partial charge is 0.123 e. The van der Waals surface area contributed by atoms with Gasteiger partial charge in [-0.2, -0.15) is 0 Å². The van der Waals surface area contributed by atoms with Gasteiger partial charge in [-0.1, -0.05) is 67.1 Å². The molecule has 0 aromatic heterocycles. The molecule has 1 aliphatic heterocycles. The van der Waals surface area contributed by atoms with Gasteiger partial charge in [0.25, 0.3) is 0 Å². The summed E-state index contributed by atoms with van der Waals surface area (Å²) in [5.74, 6) is -0.189. The van der Waals surface area contributed by atoms with E-state index < -0.39 is 0 Å². The molecule has 0 N–H and O–H groups in total. The van der Waals surface area contributed by atoms with Crippen molar-refractivity contribution >= 4 is 11.6 Å². The summed E-state index contributed by atoms with van der Waals surface area (Å²) in [4.78, 5) is 4.98. The molecule has 1 atom stereocenters. The van der Waals surface area contributed by atoms with Gasteiger partial charge in [0.1, 0.15) is 5.82 Å². The molecule has 1 aliphatic rings. The van der Waals surface area contributed by atoms with Crippen LogP contribution in [0.5, 0.6) is 0 Å². The maximum absolute atomic E-state index is 13.3. The predicted octanol–water partition coefficient (Wildman–Crippen LogP) is 6.06. The Labute approximate surface area is 177 Å². The van der Waals surface area contributed by atoms with Crippen molar-refractivity contribution in [2.75, 3.05) is 13.1 Å². The van der Waals surface area contributed by atoms with E-state index in [1.165, 1.54) is 16.7 Å². The number of hydrogen-bond acceptors (Lipinski definition) is 2. The molecule has 1 fully saturated rings. The molecule has 1 saturated heterocycles. The quantitative estimate of drug-likeness (QED) is 0.489. The number of hydrogen-bond donors (Lipinski definition) is 0. The minimum Gasteiger partial charge on any atom is -0.279 e. The van der Waals surface area contributed by atoms with Crippen LogP contribution in [0.2, 0.25) is 5.02 Å². The van der Waals surface area contributed by atoms with Crippen LogP contribution in [0.3, 0.4) is 0 Å². The molecule has 150 valence electrons. The van der Waals surface area contributed by atoms with E-state index >= 15 is 0 Å². The van der Waals surface area contributed by atoms with E-state index in [1.54, 1.807) is 12.1 Å². The van der Waals surface area contributed by atoms with E-state index in [0.29, 0.717) is 0 Å². The number of aryl methyl sites for hydroxylation is 1. The van der Waals surface area contributed by atoms with Crippen molar-refractivity contribution in [3.63, 3.8) is 0 Å². The van der Waals surface area contributed by atoms with E-state index in [0.717, 1.165) is 43.2 Å². The topological polar surface area (TPSA) is 6.48 Å². The van der Waals surface area contributed by atoms with Crippen molar-refractivity contribution in [1.29, 1.82) is 0 Å². The van der Waals surface area contributed by atoms with Gasteiger partial charge in [-0.25, -0.2) is 4.39 Å². The van der Waals surface area contributed by atoms with Crippen LogP contribution in [0.15, 0.2) is 72.8 Å². The SMILES string of the molecule is CCc1ccc([C@@H]2N(Cc3ccc(F)cc3)CCN2Cc2ccc(Cl)cc2)cc1. The van der Waals surface area contributed by atoms with Gasteiger partial charge < -0.3 is 0 Å². The van der Waals surface area contributed by atoms with Gasteiger partial charge in [0.15, 0.2) is 0 Å². The van der Waals surface area contributed by atoms with E-state index in [9.17, 15) is 4.39 Å². The summed E-state index contributed by atoms with van der Waals surface area (Å²) in [7, 11) is 0. The highest BCUT2D eigenvalue weighted by atomic mass is 35.5. The van der Waals surface area contributed by atoms with Crippen molar-refractivity contribution in [3.05, 3.63) is 106 Å². The zero-order chi connectivity index (χ0) is 20.2. The zero-order valence-electron chi connectivity index (χ0n) is 16.7. The Kier molecular flexibility index (Phi) is 6.29. The number of halogens is 2. The molecule has 0 unspecified atom stereocenters. The summed E-state index contributed by atoms with van der Waals surface area (Å²) in [5.41, 5.74) is 5.04. The molecule has 2 nitrogen and oxygen atoms in total. The molecule has 3 aromatic rings. The van der Waals surface area contributed by atoms with E-state index in [1.807, 2.05) is 24.3 Å². The number of nitrogens with zero attached hydrogens (tertiary/aromatic N) is 2. The third-order valence-electron chi connectivity index (χ3n) is 5.65. The second-order valence-electron chi connectivity index (χ2n) is 7.66. The fourth-order valence-electron chi connectivity index (χ4n) is 4.06. The molecule has 0 aliphatic carbocycles. The normalized spacial score (nSPS) is 17.7. The van der Waals surface area contributed by atoms with Gasteiger partial charge in [-0.3, -0.25) is 9.80 Å². The highest BCUT2D eigenvalue weighted by Crippen LogP contribution is 2.33. The lowest BCUT2D eigenvalue weighted by Gasteiger charge is -2.31. The molecule has 4 heteroatoms. The van der Waals surface area contributed by atoms with E-state index in [2.05, 4.69) is 53.1 Å². The first kappa shape index (κ1) is 20.1. The first-order valence-electron chi connectivity index (χ1n) is 10.2. The second kappa shape index (κ2) is 9.08. The third kappa shape index (κ3) is 4.87. The molecule has 29 heavy (non-hydrogen) atoms. The minimum atomic E-state index is -0.189. The summed E-state index contributed by atoms with van der Waals surface area (Å²) in [5, 5.41) is 0.764. The molecule has 0 saturated carbocycles. The molecular weight excluding hydrogens is 383 g/mol. The monoisotopic (exact) mass is 408 g/mol. The molecular formula is C25H26ClFN2. The minimum absolute atomic E-state index is 0.189. The van der Waals surface area contributed by atoms with Gasteiger partial charge in [0.2, 0.25) is 0 Å². The van der Waals surface area contributed by atoms with Crippen molar-refractivity contribution in [2.24, 2.45) is 0 Å². The average molecular weight is 409 g/mol. The zero-order valence-corrected chi connectivity index (χ0v) is 17.4. The van der Waals surface area contributed by atoms with Crippen LogP contribution in [0.4, 0.5) is 4.39 Å². The summed E-state index contributed by atoms with van der Waals surface area (Å²) < 4.78 is 13.3. The Balaban J connectivity index is 1.59. The fourth-order valence-corrected chi connectivity index (χ4v) is 4.19. The lowest BCUT2D eigenvalue weighted by molar-refractivity contribution is 0.126. The third-order valence-corrected chi connectivity index (χ3v) is 5.90. The van der Waals surface area contributed by atoms with Gasteiger partial charge in [0, 0.05) is 31.2 Å². The Morgan fingerprint density at radius 2 is 1.24 bits per heavy atom. The van der Waals surface area contributed by atoms with E-state index in [-0.39, 0.29) is 12.0 Å². The van der Waals surface area contributed by atoms with Gasteiger partial charge in [-0.05, 0) is 52.9 Å². The molecule has 0 radical (unpaired) electrons. The largest absolute Gasteiger partial charge is 0.279 e. The average Bonchev–Trinajstić information content (AvgIpc) is 3.13. The molecule has 1 heterocycles. The number of benzene rings is 3. The molecule has 4 rings (SSSR count).